The third-order valence-corrected chi connectivity index (χ3v) is 4.93. The van der Waals surface area contributed by atoms with E-state index < -0.39 is 0 Å². The van der Waals surface area contributed by atoms with Crippen molar-refractivity contribution >= 4 is 0 Å². The van der Waals surface area contributed by atoms with E-state index in [4.69, 9.17) is 0 Å². The van der Waals surface area contributed by atoms with E-state index in [2.05, 4.69) is 36.1 Å². The van der Waals surface area contributed by atoms with E-state index in [-0.39, 0.29) is 0 Å². The Morgan fingerprint density at radius 2 is 2.06 bits per heavy atom. The summed E-state index contributed by atoms with van der Waals surface area (Å²) in [6.07, 6.45) is 8.30. The van der Waals surface area contributed by atoms with E-state index in [1.165, 1.54) is 51.6 Å². The first-order valence-electron chi connectivity index (χ1n) is 7.84. The van der Waals surface area contributed by atoms with Gasteiger partial charge in [0, 0.05) is 24.7 Å². The van der Waals surface area contributed by atoms with Gasteiger partial charge in [0.2, 0.25) is 0 Å². The Labute approximate surface area is 113 Å². The molecule has 18 heavy (non-hydrogen) atoms. The zero-order valence-electron chi connectivity index (χ0n) is 12.5. The van der Waals surface area contributed by atoms with Gasteiger partial charge >= 0.3 is 0 Å². The molecule has 2 rings (SSSR count). The average Bonchev–Trinajstić information content (AvgIpc) is 2.76. The molecule has 1 saturated carbocycles. The predicted molar refractivity (Wildman–Crippen MR) is 78.0 cm³/mol. The number of rotatable bonds is 5. The fourth-order valence-corrected chi connectivity index (χ4v) is 3.73. The van der Waals surface area contributed by atoms with Crippen LogP contribution >= 0.6 is 0 Å². The molecule has 0 aromatic heterocycles. The van der Waals surface area contributed by atoms with Crippen LogP contribution in [-0.2, 0) is 0 Å². The van der Waals surface area contributed by atoms with Crippen LogP contribution in [-0.4, -0.2) is 61.7 Å². The Bertz CT molecular complexity index is 242. The molecular weight excluding hydrogens is 222 g/mol. The molecule has 3 nitrogen and oxygen atoms in total. The average molecular weight is 253 g/mol. The molecule has 0 aromatic rings. The van der Waals surface area contributed by atoms with Gasteiger partial charge in [0.25, 0.3) is 0 Å². The van der Waals surface area contributed by atoms with E-state index in [0.717, 1.165) is 24.7 Å². The van der Waals surface area contributed by atoms with Gasteiger partial charge in [-0.25, -0.2) is 0 Å². The van der Waals surface area contributed by atoms with E-state index in [1.54, 1.807) is 0 Å². The molecule has 0 amide bonds. The summed E-state index contributed by atoms with van der Waals surface area (Å²) in [5.41, 5.74) is 0. The first-order valence-corrected chi connectivity index (χ1v) is 7.84. The quantitative estimate of drug-likeness (QED) is 0.808. The molecule has 1 saturated heterocycles. The highest BCUT2D eigenvalue weighted by molar-refractivity contribution is 4.86. The summed E-state index contributed by atoms with van der Waals surface area (Å²) in [6, 6.07) is 2.36. The first-order chi connectivity index (χ1) is 8.70. The summed E-state index contributed by atoms with van der Waals surface area (Å²) in [5.74, 6) is 0. The summed E-state index contributed by atoms with van der Waals surface area (Å²) in [7, 11) is 4.62. The monoisotopic (exact) mass is 253 g/mol. The second-order valence-corrected chi connectivity index (χ2v) is 6.29. The number of hydrogen-bond donors (Lipinski definition) is 1. The van der Waals surface area contributed by atoms with E-state index >= 15 is 0 Å². The second-order valence-electron chi connectivity index (χ2n) is 6.29. The lowest BCUT2D eigenvalue weighted by atomic mass is 9.90. The summed E-state index contributed by atoms with van der Waals surface area (Å²) in [5, 5.41) is 3.63. The van der Waals surface area contributed by atoms with Gasteiger partial charge in [0.1, 0.15) is 0 Å². The van der Waals surface area contributed by atoms with Crippen molar-refractivity contribution < 1.29 is 0 Å². The molecule has 2 aliphatic rings. The van der Waals surface area contributed by atoms with Gasteiger partial charge in [-0.15, -0.1) is 0 Å². The van der Waals surface area contributed by atoms with Crippen LogP contribution in [0.3, 0.4) is 0 Å². The van der Waals surface area contributed by atoms with Crippen molar-refractivity contribution in [1.82, 2.24) is 15.1 Å². The number of hydrogen-bond acceptors (Lipinski definition) is 3. The molecule has 1 aliphatic heterocycles. The van der Waals surface area contributed by atoms with Crippen LogP contribution in [0.5, 0.6) is 0 Å². The molecule has 2 fully saturated rings. The van der Waals surface area contributed by atoms with Crippen LogP contribution in [0.4, 0.5) is 0 Å². The van der Waals surface area contributed by atoms with Gasteiger partial charge in [-0.3, -0.25) is 0 Å². The fourth-order valence-electron chi connectivity index (χ4n) is 3.73. The van der Waals surface area contributed by atoms with Crippen molar-refractivity contribution in [2.75, 3.05) is 33.7 Å². The largest absolute Gasteiger partial charge is 0.314 e. The smallest absolute Gasteiger partial charge is 0.0220 e. The van der Waals surface area contributed by atoms with E-state index in [9.17, 15) is 0 Å². The van der Waals surface area contributed by atoms with Gasteiger partial charge in [0.15, 0.2) is 0 Å². The Morgan fingerprint density at radius 1 is 1.22 bits per heavy atom. The van der Waals surface area contributed by atoms with E-state index in [1.807, 2.05) is 0 Å². The molecule has 1 N–H and O–H groups in total. The Morgan fingerprint density at radius 3 is 2.72 bits per heavy atom. The SMILES string of the molecule is CCNC1CCCC(N(C)CC2CCCN2C)C1. The molecule has 1 heterocycles. The lowest BCUT2D eigenvalue weighted by Gasteiger charge is -2.37. The standard InChI is InChI=1S/C15H31N3/c1-4-16-13-7-5-8-14(11-13)18(3)12-15-9-6-10-17(15)2/h13-16H,4-12H2,1-3H3. The van der Waals surface area contributed by atoms with Crippen molar-refractivity contribution in [2.45, 2.75) is 63.6 Å². The fraction of sp³-hybridized carbons (Fsp3) is 1.00. The van der Waals surface area contributed by atoms with Gasteiger partial charge in [-0.05, 0) is 59.3 Å². The van der Waals surface area contributed by atoms with Crippen LogP contribution in [0, 0.1) is 0 Å². The third kappa shape index (κ3) is 3.69. The topological polar surface area (TPSA) is 18.5 Å². The number of nitrogens with one attached hydrogen (secondary N) is 1. The predicted octanol–water partition coefficient (Wildman–Crippen LogP) is 1.93. The normalized spacial score (nSPS) is 34.3. The lowest BCUT2D eigenvalue weighted by Crippen LogP contribution is -2.46. The van der Waals surface area contributed by atoms with Crippen LogP contribution in [0.2, 0.25) is 0 Å². The highest BCUT2D eigenvalue weighted by Crippen LogP contribution is 2.24. The molecule has 0 bridgehead atoms. The van der Waals surface area contributed by atoms with Crippen molar-refractivity contribution in [1.29, 1.82) is 0 Å². The zero-order chi connectivity index (χ0) is 13.0. The third-order valence-electron chi connectivity index (χ3n) is 4.93. The molecule has 0 aromatic carbocycles. The summed E-state index contributed by atoms with van der Waals surface area (Å²) in [4.78, 5) is 5.18. The number of nitrogens with zero attached hydrogens (tertiary/aromatic N) is 2. The minimum Gasteiger partial charge on any atom is -0.314 e. The second kappa shape index (κ2) is 6.88. The minimum atomic E-state index is 0.762. The zero-order valence-corrected chi connectivity index (χ0v) is 12.5. The van der Waals surface area contributed by atoms with Crippen LogP contribution in [0.1, 0.15) is 45.4 Å². The van der Waals surface area contributed by atoms with Crippen molar-refractivity contribution in [3.8, 4) is 0 Å². The van der Waals surface area contributed by atoms with Crippen LogP contribution < -0.4 is 5.32 Å². The van der Waals surface area contributed by atoms with Gasteiger partial charge in [-0.1, -0.05) is 13.3 Å². The maximum atomic E-state index is 3.63. The lowest BCUT2D eigenvalue weighted by molar-refractivity contribution is 0.135. The van der Waals surface area contributed by atoms with Gasteiger partial charge in [0.05, 0.1) is 0 Å². The van der Waals surface area contributed by atoms with Gasteiger partial charge in [-0.2, -0.15) is 0 Å². The Kier molecular flexibility index (Phi) is 5.46. The van der Waals surface area contributed by atoms with Crippen molar-refractivity contribution in [3.63, 3.8) is 0 Å². The summed E-state index contributed by atoms with van der Waals surface area (Å²) >= 11 is 0. The number of likely N-dealkylation sites (N-methyl/N-ethyl adjacent to an activating group) is 2. The Hall–Kier alpha value is -0.120. The van der Waals surface area contributed by atoms with Crippen molar-refractivity contribution in [2.24, 2.45) is 0 Å². The van der Waals surface area contributed by atoms with Gasteiger partial charge < -0.3 is 15.1 Å². The first kappa shape index (κ1) is 14.3. The maximum Gasteiger partial charge on any atom is 0.0220 e. The Balaban J connectivity index is 1.78. The molecule has 3 atom stereocenters. The molecule has 0 spiro atoms. The van der Waals surface area contributed by atoms with Crippen LogP contribution in [0.15, 0.2) is 0 Å². The highest BCUT2D eigenvalue weighted by Gasteiger charge is 2.28. The van der Waals surface area contributed by atoms with E-state index in [0.29, 0.717) is 0 Å². The molecule has 106 valence electrons. The molecule has 3 unspecified atom stereocenters. The maximum absolute atomic E-state index is 3.63. The van der Waals surface area contributed by atoms with Crippen LogP contribution in [0.25, 0.3) is 0 Å². The van der Waals surface area contributed by atoms with Crippen molar-refractivity contribution in [3.05, 3.63) is 0 Å². The minimum absolute atomic E-state index is 0.762. The molecule has 1 aliphatic carbocycles. The number of likely N-dealkylation sites (tertiary alicyclic amines) is 1. The summed E-state index contributed by atoms with van der Waals surface area (Å²) < 4.78 is 0. The molecular formula is C15H31N3. The highest BCUT2D eigenvalue weighted by atomic mass is 15.2. The summed E-state index contributed by atoms with van der Waals surface area (Å²) in [6.45, 7) is 5.90. The molecule has 3 heteroatoms. The molecule has 0 radical (unpaired) electrons.